The van der Waals surface area contributed by atoms with Crippen LogP contribution in [0.2, 0.25) is 0 Å². The zero-order valence-corrected chi connectivity index (χ0v) is 33.9. The van der Waals surface area contributed by atoms with E-state index in [-0.39, 0.29) is 22.3 Å². The van der Waals surface area contributed by atoms with Crippen LogP contribution in [-0.4, -0.2) is 43.2 Å². The van der Waals surface area contributed by atoms with E-state index in [0.717, 1.165) is 8.95 Å². The number of benzene rings is 6. The van der Waals surface area contributed by atoms with E-state index in [2.05, 4.69) is 56.6 Å². The molecule has 0 saturated carbocycles. The van der Waals surface area contributed by atoms with Crippen molar-refractivity contribution in [3.05, 3.63) is 141 Å². The zero-order valence-electron chi connectivity index (χ0n) is 30.8. The third-order valence-corrected chi connectivity index (χ3v) is 8.80. The van der Waals surface area contributed by atoms with Gasteiger partial charge < -0.3 is 18.9 Å². The normalized spacial score (nSPS) is 10.2. The second-order valence-electron chi connectivity index (χ2n) is 10.8. The summed E-state index contributed by atoms with van der Waals surface area (Å²) in [5, 5.41) is 0. The molecule has 55 heavy (non-hydrogen) atoms. The second kappa shape index (κ2) is 22.0. The number of thiol groups is 1. The molecule has 14 heteroatoms. The number of hydrogen-bond donors (Lipinski definition) is 1. The molecule has 6 aromatic rings. The molecule has 0 aliphatic rings. The molecule has 6 aromatic carbocycles. The third-order valence-electron chi connectivity index (χ3n) is 7.81. The Bertz CT molecular complexity index is 2100. The van der Waals surface area contributed by atoms with E-state index in [4.69, 9.17) is 20.3 Å². The van der Waals surface area contributed by atoms with Crippen LogP contribution < -0.4 is 18.9 Å². The second-order valence-corrected chi connectivity index (χ2v) is 12.9. The van der Waals surface area contributed by atoms with Crippen molar-refractivity contribution in [2.75, 3.05) is 35.6 Å². The van der Waals surface area contributed by atoms with Gasteiger partial charge in [-0.1, -0.05) is 68.3 Å². The van der Waals surface area contributed by atoms with E-state index in [9.17, 15) is 22.0 Å². The number of hydrogen-bond acceptors (Lipinski definition) is 6. The van der Waals surface area contributed by atoms with Crippen LogP contribution in [0.15, 0.2) is 122 Å². The summed E-state index contributed by atoms with van der Waals surface area (Å²) in [5.74, 6) is -0.275. The summed E-state index contributed by atoms with van der Waals surface area (Å²) in [5.41, 5.74) is 2.49. The Morgan fingerprint density at radius 2 is 0.745 bits per heavy atom. The van der Waals surface area contributed by atoms with Gasteiger partial charge in [0, 0.05) is 53.5 Å². The Kier molecular flexibility index (Phi) is 17.3. The number of rotatable bonds is 8. The van der Waals surface area contributed by atoms with Gasteiger partial charge in [-0.15, -0.1) is 0 Å². The SMILES string of the molecule is COc1ccc(Br)cc1-c1cc(F)c(-c2cc(Br)ccc2OC)cc1F.COc1ccccc1-c1cc(F)c(-c2ccccc2OC)cc1F.[2H]CF.[B]=NS. The summed E-state index contributed by atoms with van der Waals surface area (Å²) in [6.07, 6.45) is 0. The van der Waals surface area contributed by atoms with Crippen molar-refractivity contribution >= 4 is 52.3 Å². The first kappa shape index (κ1) is 43.1. The van der Waals surface area contributed by atoms with Crippen LogP contribution in [0, 0.1) is 23.3 Å². The molecule has 0 amide bonds. The molecule has 6 rings (SSSR count). The zero-order chi connectivity index (χ0) is 41.4. The summed E-state index contributed by atoms with van der Waals surface area (Å²) in [7, 11) is 9.30. The van der Waals surface area contributed by atoms with Crippen LogP contribution in [0.4, 0.5) is 22.0 Å². The maximum absolute atomic E-state index is 14.9. The minimum absolute atomic E-state index is 0.123. The standard InChI is InChI=1S/C20H14Br2F2O2.C20H16F2O2.CH3F.BHNS/c1-25-19-5-3-11(21)7-15(19)13-9-18(24)14(10-17(13)23)16-8-12(22)4-6-20(16)26-2;1-23-19-9-5-3-7-13(19)15-11-18(22)16(12-17(15)21)14-8-4-6-10-20(14)24-2;1-2;1-2-3/h3-10H,1-2H3;3-12H,1-2H3;1H3;3H/i;;1D;. The van der Waals surface area contributed by atoms with Crippen molar-refractivity contribution in [2.45, 2.75) is 0 Å². The third kappa shape index (κ3) is 11.2. The first-order chi connectivity index (χ1) is 26.9. The van der Waals surface area contributed by atoms with E-state index in [0.29, 0.717) is 45.3 Å². The number of ether oxygens (including phenoxy) is 4. The number of halogens is 7. The van der Waals surface area contributed by atoms with Gasteiger partial charge in [-0.3, -0.25) is 4.39 Å². The van der Waals surface area contributed by atoms with Gasteiger partial charge in [0.2, 0.25) is 0 Å². The molecule has 0 aromatic heterocycles. The Labute approximate surface area is 341 Å². The fourth-order valence-electron chi connectivity index (χ4n) is 5.43. The van der Waals surface area contributed by atoms with Crippen LogP contribution >= 0.6 is 44.7 Å². The fraction of sp³-hybridized carbons (Fsp3) is 0.122. The van der Waals surface area contributed by atoms with Crippen LogP contribution in [0.25, 0.3) is 44.5 Å². The maximum atomic E-state index is 14.9. The monoisotopic (exact) mass is 901 g/mol. The van der Waals surface area contributed by atoms with Gasteiger partial charge in [-0.25, -0.2) is 17.6 Å². The Balaban J connectivity index is 0.000000264. The van der Waals surface area contributed by atoms with Gasteiger partial charge in [-0.2, -0.15) is 0 Å². The summed E-state index contributed by atoms with van der Waals surface area (Å²) in [4.78, 5) is 0. The molecule has 1 radical (unpaired) electrons. The predicted octanol–water partition coefficient (Wildman–Crippen LogP) is 12.9. The van der Waals surface area contributed by atoms with Crippen LogP contribution in [0.5, 0.6) is 23.0 Å². The van der Waals surface area contributed by atoms with Crippen molar-refractivity contribution in [3.8, 4) is 67.5 Å². The molecule has 285 valence electrons. The van der Waals surface area contributed by atoms with E-state index in [1.165, 1.54) is 52.7 Å². The molecule has 0 aliphatic heterocycles. The number of methoxy groups -OCH3 is 4. The van der Waals surface area contributed by atoms with E-state index >= 15 is 0 Å². The minimum atomic E-state index is -1.00. The number of nitrogens with zero attached hydrogens (tertiary/aromatic N) is 1. The molecule has 0 saturated heterocycles. The molecule has 0 atom stereocenters. The average molecular weight is 903 g/mol. The Hall–Kier alpha value is -4.66. The van der Waals surface area contributed by atoms with Gasteiger partial charge in [-0.05, 0) is 72.8 Å². The molecular formula is C41H34BBr2F5NO4S. The average Bonchev–Trinajstić information content (AvgIpc) is 3.20. The van der Waals surface area contributed by atoms with E-state index in [1.54, 1.807) is 84.9 Å². The van der Waals surface area contributed by atoms with E-state index in [1.807, 2.05) is 0 Å². The van der Waals surface area contributed by atoms with Gasteiger partial charge in [0.1, 0.15) is 46.3 Å². The first-order valence-corrected chi connectivity index (χ1v) is 17.7. The van der Waals surface area contributed by atoms with Crippen LogP contribution in [0.1, 0.15) is 1.37 Å². The number of alkyl halides is 1. The van der Waals surface area contributed by atoms with Crippen molar-refractivity contribution in [2.24, 2.45) is 4.30 Å². The summed E-state index contributed by atoms with van der Waals surface area (Å²) < 4.78 is 99.9. The Morgan fingerprint density at radius 3 is 1.04 bits per heavy atom. The molecule has 5 nitrogen and oxygen atoms in total. The van der Waals surface area contributed by atoms with Crippen molar-refractivity contribution < 1.29 is 42.3 Å². The molecular weight excluding hydrogens is 868 g/mol. The first-order valence-electron chi connectivity index (χ1n) is 16.5. The quantitative estimate of drug-likeness (QED) is 0.0939. The molecule has 0 aliphatic carbocycles. The van der Waals surface area contributed by atoms with Crippen molar-refractivity contribution in [3.63, 3.8) is 0 Å². The number of para-hydroxylation sites is 2. The Morgan fingerprint density at radius 1 is 0.491 bits per heavy atom. The summed E-state index contributed by atoms with van der Waals surface area (Å²) in [6.45, 7) is 0. The summed E-state index contributed by atoms with van der Waals surface area (Å²) in [6, 6.07) is 28.9. The topological polar surface area (TPSA) is 49.3 Å². The predicted molar refractivity (Wildman–Crippen MR) is 220 cm³/mol. The van der Waals surface area contributed by atoms with Crippen molar-refractivity contribution in [1.82, 2.24) is 0 Å². The molecule has 0 bridgehead atoms. The molecule has 0 spiro atoms. The fourth-order valence-corrected chi connectivity index (χ4v) is 6.16. The van der Waals surface area contributed by atoms with Gasteiger partial charge in [0.15, 0.2) is 0 Å². The summed E-state index contributed by atoms with van der Waals surface area (Å²) >= 11 is 9.89. The molecule has 0 unspecified atom stereocenters. The van der Waals surface area contributed by atoms with Gasteiger partial charge in [0.25, 0.3) is 0 Å². The van der Waals surface area contributed by atoms with E-state index < -0.39 is 30.4 Å². The van der Waals surface area contributed by atoms with Crippen molar-refractivity contribution in [1.29, 1.82) is 0 Å². The van der Waals surface area contributed by atoms with Gasteiger partial charge >= 0.3 is 24.8 Å². The van der Waals surface area contributed by atoms with Crippen LogP contribution in [-0.2, 0) is 0 Å². The van der Waals surface area contributed by atoms with Gasteiger partial charge in [0.05, 0.1) is 37.0 Å². The molecule has 0 N–H and O–H groups in total. The molecule has 0 heterocycles. The molecule has 0 fully saturated rings. The van der Waals surface area contributed by atoms with Crippen LogP contribution in [0.3, 0.4) is 0 Å².